The number of hydrogen-bond donors (Lipinski definition) is 0. The van der Waals surface area contributed by atoms with E-state index in [1.165, 1.54) is 17.7 Å². The summed E-state index contributed by atoms with van der Waals surface area (Å²) in [6.07, 6.45) is 5.40. The molecule has 0 N–H and O–H groups in total. The molecule has 1 saturated carbocycles. The average Bonchev–Trinajstić information content (AvgIpc) is 3.18. The molecule has 1 aromatic carbocycles. The second-order valence-electron chi connectivity index (χ2n) is 7.39. The van der Waals surface area contributed by atoms with Crippen LogP contribution in [0.2, 0.25) is 0 Å². The third-order valence-corrected chi connectivity index (χ3v) is 5.76. The van der Waals surface area contributed by atoms with Crippen LogP contribution in [0.5, 0.6) is 0 Å². The largest absolute Gasteiger partial charge is 0.337 e. The van der Waals surface area contributed by atoms with Gasteiger partial charge in [0.15, 0.2) is 0 Å². The standard InChI is InChI=1S/C20H25BrN2O3/c1-13(2)23(15-6-3-4-7-15)18(24)8-5-11-22-19(25)16-10-9-14(21)12-17(16)20(22)26/h9-10,12-13,15H,3-8,11H2,1-2H3. The van der Waals surface area contributed by atoms with Gasteiger partial charge in [-0.25, -0.2) is 0 Å². The van der Waals surface area contributed by atoms with Gasteiger partial charge in [-0.05, 0) is 51.3 Å². The van der Waals surface area contributed by atoms with Crippen molar-refractivity contribution in [2.75, 3.05) is 6.54 Å². The Morgan fingerprint density at radius 1 is 1.19 bits per heavy atom. The zero-order chi connectivity index (χ0) is 18.8. The summed E-state index contributed by atoms with van der Waals surface area (Å²) >= 11 is 3.33. The fraction of sp³-hybridized carbons (Fsp3) is 0.550. The maximum Gasteiger partial charge on any atom is 0.261 e. The third-order valence-electron chi connectivity index (χ3n) is 5.27. The molecular formula is C20H25BrN2O3. The highest BCUT2D eigenvalue weighted by molar-refractivity contribution is 9.10. The van der Waals surface area contributed by atoms with Crippen LogP contribution in [0.25, 0.3) is 0 Å². The van der Waals surface area contributed by atoms with Crippen molar-refractivity contribution in [2.45, 2.75) is 64.5 Å². The first-order chi connectivity index (χ1) is 12.4. The predicted molar refractivity (Wildman–Crippen MR) is 103 cm³/mol. The fourth-order valence-corrected chi connectivity index (χ4v) is 4.44. The van der Waals surface area contributed by atoms with E-state index >= 15 is 0 Å². The van der Waals surface area contributed by atoms with Crippen LogP contribution in [0.1, 0.15) is 73.1 Å². The molecule has 0 atom stereocenters. The highest BCUT2D eigenvalue weighted by Gasteiger charge is 2.35. The van der Waals surface area contributed by atoms with E-state index in [-0.39, 0.29) is 30.3 Å². The van der Waals surface area contributed by atoms with Crippen LogP contribution in [0, 0.1) is 0 Å². The molecule has 1 heterocycles. The van der Waals surface area contributed by atoms with Crippen molar-refractivity contribution >= 4 is 33.7 Å². The van der Waals surface area contributed by atoms with Gasteiger partial charge < -0.3 is 4.90 Å². The van der Waals surface area contributed by atoms with Gasteiger partial charge in [0.1, 0.15) is 0 Å². The first-order valence-corrected chi connectivity index (χ1v) is 10.2. The minimum atomic E-state index is -0.268. The summed E-state index contributed by atoms with van der Waals surface area (Å²) in [6.45, 7) is 4.39. The van der Waals surface area contributed by atoms with Gasteiger partial charge in [-0.2, -0.15) is 0 Å². The molecule has 5 nitrogen and oxygen atoms in total. The molecule has 1 aliphatic carbocycles. The van der Waals surface area contributed by atoms with Gasteiger partial charge >= 0.3 is 0 Å². The lowest BCUT2D eigenvalue weighted by Crippen LogP contribution is -2.43. The number of carbonyl (C=O) groups excluding carboxylic acids is 3. The molecule has 0 radical (unpaired) electrons. The molecule has 3 rings (SSSR count). The highest BCUT2D eigenvalue weighted by Crippen LogP contribution is 2.28. The summed E-state index contributed by atoms with van der Waals surface area (Å²) in [5, 5.41) is 0. The Morgan fingerprint density at radius 3 is 2.50 bits per heavy atom. The van der Waals surface area contributed by atoms with Crippen LogP contribution >= 0.6 is 15.9 Å². The lowest BCUT2D eigenvalue weighted by molar-refractivity contribution is -0.135. The SMILES string of the molecule is CC(C)N(C(=O)CCCN1C(=O)c2ccc(Br)cc2C1=O)C1CCCC1. The van der Waals surface area contributed by atoms with Crippen molar-refractivity contribution in [3.05, 3.63) is 33.8 Å². The molecule has 0 spiro atoms. The van der Waals surface area contributed by atoms with E-state index in [0.717, 1.165) is 17.3 Å². The van der Waals surface area contributed by atoms with Gasteiger partial charge in [-0.1, -0.05) is 28.8 Å². The van der Waals surface area contributed by atoms with Crippen LogP contribution in [0.15, 0.2) is 22.7 Å². The molecule has 1 fully saturated rings. The molecular weight excluding hydrogens is 396 g/mol. The second kappa shape index (κ2) is 7.91. The van der Waals surface area contributed by atoms with E-state index in [1.54, 1.807) is 18.2 Å². The predicted octanol–water partition coefficient (Wildman–Crippen LogP) is 4.00. The van der Waals surface area contributed by atoms with Crippen molar-refractivity contribution in [2.24, 2.45) is 0 Å². The Bertz CT molecular complexity index is 726. The Morgan fingerprint density at radius 2 is 1.85 bits per heavy atom. The number of rotatable bonds is 6. The molecule has 0 bridgehead atoms. The molecule has 0 unspecified atom stereocenters. The summed E-state index contributed by atoms with van der Waals surface area (Å²) in [5.41, 5.74) is 0.879. The third kappa shape index (κ3) is 3.70. The summed E-state index contributed by atoms with van der Waals surface area (Å²) in [7, 11) is 0. The van der Waals surface area contributed by atoms with Crippen LogP contribution in [-0.2, 0) is 4.79 Å². The van der Waals surface area contributed by atoms with Gasteiger partial charge in [0.05, 0.1) is 11.1 Å². The Balaban J connectivity index is 1.58. The maximum atomic E-state index is 12.7. The summed E-state index contributed by atoms with van der Waals surface area (Å²) < 4.78 is 0.776. The molecule has 3 amide bonds. The van der Waals surface area contributed by atoms with Gasteiger partial charge in [-0.15, -0.1) is 0 Å². The van der Waals surface area contributed by atoms with E-state index in [2.05, 4.69) is 29.8 Å². The van der Waals surface area contributed by atoms with Crippen molar-refractivity contribution in [1.82, 2.24) is 9.80 Å². The first-order valence-electron chi connectivity index (χ1n) is 9.37. The van der Waals surface area contributed by atoms with Crippen molar-refractivity contribution < 1.29 is 14.4 Å². The van der Waals surface area contributed by atoms with Crippen LogP contribution < -0.4 is 0 Å². The summed E-state index contributed by atoms with van der Waals surface area (Å²) in [4.78, 5) is 40.9. The zero-order valence-corrected chi connectivity index (χ0v) is 16.9. The topological polar surface area (TPSA) is 57.7 Å². The van der Waals surface area contributed by atoms with Gasteiger partial charge in [-0.3, -0.25) is 19.3 Å². The molecule has 0 saturated heterocycles. The van der Waals surface area contributed by atoms with Crippen LogP contribution in [0.3, 0.4) is 0 Å². The average molecular weight is 421 g/mol. The number of hydrogen-bond acceptors (Lipinski definition) is 3. The molecule has 2 aliphatic rings. The van der Waals surface area contributed by atoms with Gasteiger partial charge in [0.2, 0.25) is 5.91 Å². The number of imide groups is 1. The molecule has 26 heavy (non-hydrogen) atoms. The van der Waals surface area contributed by atoms with Crippen molar-refractivity contribution in [3.63, 3.8) is 0 Å². The lowest BCUT2D eigenvalue weighted by atomic mass is 10.1. The van der Waals surface area contributed by atoms with Crippen molar-refractivity contribution in [1.29, 1.82) is 0 Å². The van der Waals surface area contributed by atoms with E-state index in [1.807, 2.05) is 4.90 Å². The minimum absolute atomic E-state index is 0.131. The van der Waals surface area contributed by atoms with Crippen LogP contribution in [0.4, 0.5) is 0 Å². The fourth-order valence-electron chi connectivity index (χ4n) is 4.08. The number of nitrogens with zero attached hydrogens (tertiary/aromatic N) is 2. The lowest BCUT2D eigenvalue weighted by Gasteiger charge is -2.33. The van der Waals surface area contributed by atoms with E-state index in [9.17, 15) is 14.4 Å². The Kier molecular flexibility index (Phi) is 5.80. The van der Waals surface area contributed by atoms with Gasteiger partial charge in [0.25, 0.3) is 11.8 Å². The molecule has 1 aromatic rings. The second-order valence-corrected chi connectivity index (χ2v) is 8.30. The smallest absolute Gasteiger partial charge is 0.261 e. The van der Waals surface area contributed by atoms with Crippen LogP contribution in [-0.4, -0.2) is 46.1 Å². The van der Waals surface area contributed by atoms with E-state index in [0.29, 0.717) is 30.0 Å². The summed E-state index contributed by atoms with van der Waals surface area (Å²) in [5.74, 6) is -0.400. The molecule has 6 heteroatoms. The maximum absolute atomic E-state index is 12.7. The Hall–Kier alpha value is -1.69. The number of halogens is 1. The first kappa shape index (κ1) is 19.1. The zero-order valence-electron chi connectivity index (χ0n) is 15.3. The highest BCUT2D eigenvalue weighted by atomic mass is 79.9. The molecule has 140 valence electrons. The number of amides is 3. The summed E-state index contributed by atoms with van der Waals surface area (Å²) in [6, 6.07) is 5.65. The Labute approximate surface area is 162 Å². The quantitative estimate of drug-likeness (QED) is 0.653. The van der Waals surface area contributed by atoms with E-state index < -0.39 is 0 Å². The number of benzene rings is 1. The van der Waals surface area contributed by atoms with Gasteiger partial charge in [0, 0.05) is 29.5 Å². The number of fused-ring (bicyclic) bond motifs is 1. The monoisotopic (exact) mass is 420 g/mol. The molecule has 1 aliphatic heterocycles. The van der Waals surface area contributed by atoms with Crippen molar-refractivity contribution in [3.8, 4) is 0 Å². The normalized spacial score (nSPS) is 17.3. The number of carbonyl (C=O) groups is 3. The molecule has 0 aromatic heterocycles. The minimum Gasteiger partial charge on any atom is -0.337 e. The van der Waals surface area contributed by atoms with E-state index in [4.69, 9.17) is 0 Å².